The number of benzene rings is 1. The molecule has 0 bridgehead atoms. The summed E-state index contributed by atoms with van der Waals surface area (Å²) in [6.45, 7) is -0.261. The molecule has 1 aliphatic rings. The Kier molecular flexibility index (Phi) is 7.74. The summed E-state index contributed by atoms with van der Waals surface area (Å²) in [5.41, 5.74) is 0.643. The van der Waals surface area contributed by atoms with Crippen LogP contribution < -0.4 is 10.6 Å². The molecule has 0 aliphatic heterocycles. The summed E-state index contributed by atoms with van der Waals surface area (Å²) in [5, 5.41) is 7.45. The maximum atomic E-state index is 13.5. The summed E-state index contributed by atoms with van der Waals surface area (Å²) in [6, 6.07) is 11.5. The fourth-order valence-corrected chi connectivity index (χ4v) is 4.72. The second-order valence-corrected chi connectivity index (χ2v) is 9.16. The minimum absolute atomic E-state index is 0.0391. The smallest absolute Gasteiger partial charge is 0.261 e. The summed E-state index contributed by atoms with van der Waals surface area (Å²) in [5.74, 6) is -1.25. The van der Waals surface area contributed by atoms with E-state index in [-0.39, 0.29) is 30.9 Å². The molecule has 4 rings (SSSR count). The summed E-state index contributed by atoms with van der Waals surface area (Å²) >= 11 is 1.27. The van der Waals surface area contributed by atoms with Crippen molar-refractivity contribution in [1.82, 2.24) is 15.5 Å². The molecule has 0 radical (unpaired) electrons. The molecule has 0 spiro atoms. The monoisotopic (exact) mass is 483 g/mol. The third-order valence-electron chi connectivity index (χ3n) is 5.81. The molecule has 0 unspecified atom stereocenters. The number of thiophene rings is 1. The average molecular weight is 484 g/mol. The Morgan fingerprint density at radius 1 is 1.09 bits per heavy atom. The molecule has 3 aromatic rings. The van der Waals surface area contributed by atoms with Gasteiger partial charge in [0.15, 0.2) is 6.04 Å². The zero-order valence-electron chi connectivity index (χ0n) is 18.5. The molecule has 1 saturated carbocycles. The van der Waals surface area contributed by atoms with Crippen LogP contribution in [0.5, 0.6) is 0 Å². The molecule has 1 aliphatic carbocycles. The molecule has 7 nitrogen and oxygen atoms in total. The number of nitrogens with one attached hydrogen (secondary N) is 2. The number of nitrogens with zero attached hydrogens (tertiary/aromatic N) is 1. The van der Waals surface area contributed by atoms with Crippen LogP contribution in [0.3, 0.4) is 0 Å². The third kappa shape index (κ3) is 5.91. The number of hydrogen-bond donors (Lipinski definition) is 2. The van der Waals surface area contributed by atoms with Crippen molar-refractivity contribution in [3.63, 3.8) is 0 Å². The van der Waals surface area contributed by atoms with Gasteiger partial charge in [-0.05, 0) is 54.1 Å². The largest absolute Gasteiger partial charge is 0.467 e. The van der Waals surface area contributed by atoms with Crippen LogP contribution in [0.1, 0.15) is 52.7 Å². The number of hydrogen-bond acceptors (Lipinski definition) is 5. The van der Waals surface area contributed by atoms with Crippen molar-refractivity contribution in [2.45, 2.75) is 44.3 Å². The fourth-order valence-electron chi connectivity index (χ4n) is 4.08. The Labute approximate surface area is 200 Å². The van der Waals surface area contributed by atoms with E-state index in [9.17, 15) is 18.8 Å². The highest BCUT2D eigenvalue weighted by molar-refractivity contribution is 7.12. The number of carbonyl (C=O) groups excluding carboxylic acids is 3. The minimum atomic E-state index is -1.04. The van der Waals surface area contributed by atoms with Gasteiger partial charge in [-0.1, -0.05) is 31.0 Å². The van der Waals surface area contributed by atoms with Crippen LogP contribution in [-0.4, -0.2) is 35.2 Å². The lowest BCUT2D eigenvalue weighted by atomic mass is 10.1. The first-order chi connectivity index (χ1) is 16.5. The van der Waals surface area contributed by atoms with Crippen molar-refractivity contribution in [2.24, 2.45) is 0 Å². The van der Waals surface area contributed by atoms with Gasteiger partial charge in [0.05, 0.1) is 17.7 Å². The predicted molar refractivity (Wildman–Crippen MR) is 125 cm³/mol. The van der Waals surface area contributed by atoms with Gasteiger partial charge in [-0.25, -0.2) is 4.39 Å². The van der Waals surface area contributed by atoms with Gasteiger partial charge in [0, 0.05) is 12.6 Å². The van der Waals surface area contributed by atoms with Crippen LogP contribution in [0, 0.1) is 5.82 Å². The van der Waals surface area contributed by atoms with Gasteiger partial charge in [-0.2, -0.15) is 0 Å². The van der Waals surface area contributed by atoms with Gasteiger partial charge in [0.2, 0.25) is 5.91 Å². The van der Waals surface area contributed by atoms with E-state index in [0.29, 0.717) is 16.2 Å². The van der Waals surface area contributed by atoms with Crippen molar-refractivity contribution in [3.05, 3.63) is 82.2 Å². The molecule has 2 heterocycles. The first-order valence-corrected chi connectivity index (χ1v) is 12.1. The molecular formula is C25H26FN3O4S. The Bertz CT molecular complexity index is 1090. The van der Waals surface area contributed by atoms with Gasteiger partial charge >= 0.3 is 0 Å². The average Bonchev–Trinajstić information content (AvgIpc) is 3.62. The lowest BCUT2D eigenvalue weighted by Gasteiger charge is -2.31. The Hall–Kier alpha value is -3.46. The first kappa shape index (κ1) is 23.7. The van der Waals surface area contributed by atoms with Crippen molar-refractivity contribution in [2.75, 3.05) is 6.54 Å². The number of furan rings is 1. The highest BCUT2D eigenvalue weighted by Gasteiger charge is 2.35. The van der Waals surface area contributed by atoms with E-state index in [1.807, 2.05) is 0 Å². The molecule has 178 valence electrons. The Morgan fingerprint density at radius 3 is 2.50 bits per heavy atom. The molecule has 1 fully saturated rings. The molecular weight excluding hydrogens is 457 g/mol. The first-order valence-electron chi connectivity index (χ1n) is 11.2. The summed E-state index contributed by atoms with van der Waals surface area (Å²) in [4.78, 5) is 41.0. The predicted octanol–water partition coefficient (Wildman–Crippen LogP) is 4.04. The fraction of sp³-hybridized carbons (Fsp3) is 0.320. The Balaban J connectivity index is 1.58. The van der Waals surface area contributed by atoms with E-state index in [1.54, 1.807) is 41.8 Å². The zero-order chi connectivity index (χ0) is 23.9. The minimum Gasteiger partial charge on any atom is -0.467 e. The number of carbonyl (C=O) groups is 3. The van der Waals surface area contributed by atoms with E-state index in [1.165, 1.54) is 34.6 Å². The standard InChI is InChI=1S/C25H26FN3O4S/c26-18-11-9-17(10-12-18)16-29(22(30)15-27-24(31)21-8-4-14-34-21)23(20-7-3-13-33-20)25(32)28-19-5-1-2-6-19/h3-4,7-14,19,23H,1-2,5-6,15-16H2,(H,27,31)(H,28,32)/t23-/m0/s1. The van der Waals surface area contributed by atoms with Crippen molar-refractivity contribution in [3.8, 4) is 0 Å². The second-order valence-electron chi connectivity index (χ2n) is 8.22. The molecule has 2 N–H and O–H groups in total. The second kappa shape index (κ2) is 11.1. The number of rotatable bonds is 9. The summed E-state index contributed by atoms with van der Waals surface area (Å²) < 4.78 is 19.0. The molecule has 3 amide bonds. The lowest BCUT2D eigenvalue weighted by Crippen LogP contribution is -2.48. The topological polar surface area (TPSA) is 91.7 Å². The SMILES string of the molecule is O=C(NCC(=O)N(Cc1ccc(F)cc1)[C@H](C(=O)NC1CCCC1)c1ccco1)c1cccs1. The normalized spacial score (nSPS) is 14.5. The highest BCUT2D eigenvalue weighted by Crippen LogP contribution is 2.26. The summed E-state index contributed by atoms with van der Waals surface area (Å²) in [7, 11) is 0. The van der Waals surface area contributed by atoms with E-state index in [4.69, 9.17) is 4.42 Å². The van der Waals surface area contributed by atoms with Gasteiger partial charge < -0.3 is 20.0 Å². The zero-order valence-corrected chi connectivity index (χ0v) is 19.4. The van der Waals surface area contributed by atoms with Gasteiger partial charge in [-0.3, -0.25) is 14.4 Å². The molecule has 1 atom stereocenters. The molecule has 0 saturated heterocycles. The Morgan fingerprint density at radius 2 is 1.85 bits per heavy atom. The molecule has 9 heteroatoms. The lowest BCUT2D eigenvalue weighted by molar-refractivity contribution is -0.141. The summed E-state index contributed by atoms with van der Waals surface area (Å²) in [6.07, 6.45) is 5.32. The van der Waals surface area contributed by atoms with Gasteiger partial charge in [0.1, 0.15) is 11.6 Å². The van der Waals surface area contributed by atoms with E-state index in [0.717, 1.165) is 25.7 Å². The maximum Gasteiger partial charge on any atom is 0.261 e. The molecule has 34 heavy (non-hydrogen) atoms. The van der Waals surface area contributed by atoms with E-state index in [2.05, 4.69) is 10.6 Å². The van der Waals surface area contributed by atoms with Crippen LogP contribution >= 0.6 is 11.3 Å². The van der Waals surface area contributed by atoms with Crippen LogP contribution in [0.2, 0.25) is 0 Å². The van der Waals surface area contributed by atoms with Crippen molar-refractivity contribution in [1.29, 1.82) is 0 Å². The molecule has 1 aromatic carbocycles. The molecule has 2 aromatic heterocycles. The van der Waals surface area contributed by atoms with Crippen LogP contribution in [0.15, 0.2) is 64.6 Å². The quantitative estimate of drug-likeness (QED) is 0.481. The highest BCUT2D eigenvalue weighted by atomic mass is 32.1. The number of halogens is 1. The van der Waals surface area contributed by atoms with Crippen LogP contribution in [0.4, 0.5) is 4.39 Å². The van der Waals surface area contributed by atoms with Gasteiger partial charge in [0.25, 0.3) is 11.8 Å². The van der Waals surface area contributed by atoms with Gasteiger partial charge in [-0.15, -0.1) is 11.3 Å². The number of amides is 3. The van der Waals surface area contributed by atoms with E-state index < -0.39 is 17.8 Å². The third-order valence-corrected chi connectivity index (χ3v) is 6.67. The van der Waals surface area contributed by atoms with Crippen LogP contribution in [0.25, 0.3) is 0 Å². The maximum absolute atomic E-state index is 13.5. The van der Waals surface area contributed by atoms with Crippen molar-refractivity contribution >= 4 is 29.1 Å². The van der Waals surface area contributed by atoms with E-state index >= 15 is 0 Å². The van der Waals surface area contributed by atoms with Crippen molar-refractivity contribution < 1.29 is 23.2 Å². The van der Waals surface area contributed by atoms with Crippen LogP contribution in [-0.2, 0) is 16.1 Å².